The van der Waals surface area contributed by atoms with Gasteiger partial charge in [0.25, 0.3) is 0 Å². The molecule has 0 aromatic heterocycles. The number of amides is 1. The molecule has 20 heavy (non-hydrogen) atoms. The molecule has 0 radical (unpaired) electrons. The third-order valence-electron chi connectivity index (χ3n) is 3.17. The van der Waals surface area contributed by atoms with Crippen LogP contribution in [0.3, 0.4) is 0 Å². The highest BCUT2D eigenvalue weighted by atomic mass is 35.5. The molecule has 3 nitrogen and oxygen atoms in total. The van der Waals surface area contributed by atoms with E-state index in [4.69, 9.17) is 11.6 Å². The van der Waals surface area contributed by atoms with Gasteiger partial charge in [-0.25, -0.2) is 0 Å². The van der Waals surface area contributed by atoms with Crippen LogP contribution < -0.4 is 10.6 Å². The van der Waals surface area contributed by atoms with Gasteiger partial charge in [0.05, 0.1) is 17.3 Å². The molecular weight excluding hydrogens is 293 g/mol. The molecule has 0 aliphatic carbocycles. The quantitative estimate of drug-likeness (QED) is 0.879. The van der Waals surface area contributed by atoms with E-state index >= 15 is 0 Å². The third kappa shape index (κ3) is 3.64. The fourth-order valence-electron chi connectivity index (χ4n) is 2.16. The fourth-order valence-corrected chi connectivity index (χ4v) is 2.33. The smallest absolute Gasteiger partial charge is 0.324 e. The zero-order valence-electron chi connectivity index (χ0n) is 10.6. The highest BCUT2D eigenvalue weighted by Crippen LogP contribution is 2.36. The molecule has 0 spiro atoms. The standard InChI is InChI=1S/C13H14ClF3N2O/c14-8-4-5-10(9(7-8)13(15,16)17)19-12(20)11-3-1-2-6-18-11/h4-5,7,11,18H,1-3,6H2,(H,19,20)/t11-/m1/s1. The van der Waals surface area contributed by atoms with Crippen LogP contribution in [0.4, 0.5) is 18.9 Å². The first-order chi connectivity index (χ1) is 9.38. The van der Waals surface area contributed by atoms with Crippen LogP contribution in [0.2, 0.25) is 5.02 Å². The van der Waals surface area contributed by atoms with E-state index in [0.29, 0.717) is 13.0 Å². The molecule has 2 rings (SSSR count). The van der Waals surface area contributed by atoms with Crippen LogP contribution in [-0.2, 0) is 11.0 Å². The summed E-state index contributed by atoms with van der Waals surface area (Å²) in [5.41, 5.74) is -1.20. The topological polar surface area (TPSA) is 41.1 Å². The molecule has 0 saturated carbocycles. The molecule has 1 aliphatic rings. The van der Waals surface area contributed by atoms with E-state index < -0.39 is 23.7 Å². The molecule has 1 aromatic rings. The van der Waals surface area contributed by atoms with Gasteiger partial charge in [-0.1, -0.05) is 18.0 Å². The van der Waals surface area contributed by atoms with Crippen molar-refractivity contribution in [3.63, 3.8) is 0 Å². The van der Waals surface area contributed by atoms with Crippen molar-refractivity contribution in [1.29, 1.82) is 0 Å². The van der Waals surface area contributed by atoms with Crippen molar-refractivity contribution in [1.82, 2.24) is 5.32 Å². The van der Waals surface area contributed by atoms with E-state index in [0.717, 1.165) is 18.9 Å². The Kier molecular flexibility index (Phi) is 4.55. The molecule has 1 heterocycles. The van der Waals surface area contributed by atoms with E-state index in [9.17, 15) is 18.0 Å². The van der Waals surface area contributed by atoms with Crippen LogP contribution in [0.25, 0.3) is 0 Å². The van der Waals surface area contributed by atoms with Crippen molar-refractivity contribution in [2.45, 2.75) is 31.5 Å². The summed E-state index contributed by atoms with van der Waals surface area (Å²) in [5, 5.41) is 5.30. The molecule has 1 aliphatic heterocycles. The maximum Gasteiger partial charge on any atom is 0.418 e. The lowest BCUT2D eigenvalue weighted by Crippen LogP contribution is -2.43. The summed E-state index contributed by atoms with van der Waals surface area (Å²) in [5.74, 6) is -0.447. The number of benzene rings is 1. The maximum absolute atomic E-state index is 12.9. The van der Waals surface area contributed by atoms with Gasteiger partial charge in [-0.2, -0.15) is 13.2 Å². The molecule has 7 heteroatoms. The number of piperidine rings is 1. The molecule has 1 saturated heterocycles. The first-order valence-corrected chi connectivity index (χ1v) is 6.67. The minimum atomic E-state index is -4.56. The first-order valence-electron chi connectivity index (χ1n) is 6.29. The van der Waals surface area contributed by atoms with E-state index in [1.54, 1.807) is 0 Å². The average molecular weight is 307 g/mol. The zero-order chi connectivity index (χ0) is 14.8. The molecule has 1 amide bonds. The van der Waals surface area contributed by atoms with Gasteiger partial charge in [0.1, 0.15) is 0 Å². The monoisotopic (exact) mass is 306 g/mol. The number of hydrogen-bond donors (Lipinski definition) is 2. The van der Waals surface area contributed by atoms with Crippen molar-refractivity contribution in [2.75, 3.05) is 11.9 Å². The normalized spacial score (nSPS) is 19.7. The fraction of sp³-hybridized carbons (Fsp3) is 0.462. The molecule has 1 fully saturated rings. The molecule has 2 N–H and O–H groups in total. The molecule has 1 atom stereocenters. The number of rotatable bonds is 2. The Labute approximate surface area is 119 Å². The highest BCUT2D eigenvalue weighted by Gasteiger charge is 2.34. The predicted octanol–water partition coefficient (Wildman–Crippen LogP) is 3.44. The van der Waals surface area contributed by atoms with Gasteiger partial charge in [0, 0.05) is 5.02 Å². The SMILES string of the molecule is O=C(Nc1ccc(Cl)cc1C(F)(F)F)[C@H]1CCCCN1. The lowest BCUT2D eigenvalue weighted by Gasteiger charge is -2.23. The summed E-state index contributed by atoms with van der Waals surface area (Å²) in [6.45, 7) is 0.699. The average Bonchev–Trinajstić information content (AvgIpc) is 2.40. The molecule has 1 aromatic carbocycles. The Bertz CT molecular complexity index is 499. The van der Waals surface area contributed by atoms with Gasteiger partial charge >= 0.3 is 6.18 Å². The minimum absolute atomic E-state index is 0.0221. The Balaban J connectivity index is 2.18. The van der Waals surface area contributed by atoms with Crippen molar-refractivity contribution >= 4 is 23.2 Å². The number of carbonyl (C=O) groups excluding carboxylic acids is 1. The predicted molar refractivity (Wildman–Crippen MR) is 70.7 cm³/mol. The largest absolute Gasteiger partial charge is 0.418 e. The number of carbonyl (C=O) groups is 1. The van der Waals surface area contributed by atoms with Crippen LogP contribution in [0.1, 0.15) is 24.8 Å². The Morgan fingerprint density at radius 2 is 2.10 bits per heavy atom. The van der Waals surface area contributed by atoms with E-state index in [1.807, 2.05) is 0 Å². The molecule has 110 valence electrons. The van der Waals surface area contributed by atoms with Crippen molar-refractivity contribution < 1.29 is 18.0 Å². The minimum Gasteiger partial charge on any atom is -0.324 e. The van der Waals surface area contributed by atoms with Crippen molar-refractivity contribution in [3.8, 4) is 0 Å². The molecular formula is C13H14ClF3N2O. The van der Waals surface area contributed by atoms with Crippen LogP contribution in [0.15, 0.2) is 18.2 Å². The second-order valence-corrected chi connectivity index (χ2v) is 5.12. The Morgan fingerprint density at radius 1 is 1.35 bits per heavy atom. The summed E-state index contributed by atoms with van der Waals surface area (Å²) in [4.78, 5) is 12.0. The van der Waals surface area contributed by atoms with Gasteiger partial charge in [0.15, 0.2) is 0 Å². The summed E-state index contributed by atoms with van der Waals surface area (Å²) in [6.07, 6.45) is -2.08. The second-order valence-electron chi connectivity index (χ2n) is 4.68. The van der Waals surface area contributed by atoms with Gasteiger partial charge < -0.3 is 10.6 Å². The van der Waals surface area contributed by atoms with Gasteiger partial charge in [-0.15, -0.1) is 0 Å². The second kappa shape index (κ2) is 6.01. The van der Waals surface area contributed by atoms with Crippen molar-refractivity contribution in [2.24, 2.45) is 0 Å². The number of nitrogens with one attached hydrogen (secondary N) is 2. The van der Waals surface area contributed by atoms with Gasteiger partial charge in [0.2, 0.25) is 5.91 Å². The lowest BCUT2D eigenvalue weighted by molar-refractivity contribution is -0.137. The van der Waals surface area contributed by atoms with Gasteiger partial charge in [-0.3, -0.25) is 4.79 Å². The lowest BCUT2D eigenvalue weighted by atomic mass is 10.0. The van der Waals surface area contributed by atoms with E-state index in [2.05, 4.69) is 10.6 Å². The molecule has 0 unspecified atom stereocenters. The highest BCUT2D eigenvalue weighted by molar-refractivity contribution is 6.30. The summed E-state index contributed by atoms with van der Waals surface area (Å²) >= 11 is 5.58. The Hall–Kier alpha value is -1.27. The third-order valence-corrected chi connectivity index (χ3v) is 3.41. The van der Waals surface area contributed by atoms with Crippen LogP contribution >= 0.6 is 11.6 Å². The summed E-state index contributed by atoms with van der Waals surface area (Å²) in [7, 11) is 0. The zero-order valence-corrected chi connectivity index (χ0v) is 11.3. The number of hydrogen-bond acceptors (Lipinski definition) is 2. The number of anilines is 1. The van der Waals surface area contributed by atoms with E-state index in [1.165, 1.54) is 12.1 Å². The summed E-state index contributed by atoms with van der Waals surface area (Å²) in [6, 6.07) is 2.86. The van der Waals surface area contributed by atoms with Crippen LogP contribution in [-0.4, -0.2) is 18.5 Å². The van der Waals surface area contributed by atoms with Gasteiger partial charge in [-0.05, 0) is 37.6 Å². The maximum atomic E-state index is 12.9. The summed E-state index contributed by atoms with van der Waals surface area (Å²) < 4.78 is 38.7. The Morgan fingerprint density at radius 3 is 2.70 bits per heavy atom. The number of halogens is 4. The van der Waals surface area contributed by atoms with E-state index in [-0.39, 0.29) is 10.7 Å². The molecule has 0 bridgehead atoms. The first kappa shape index (κ1) is 15.1. The number of alkyl halides is 3. The van der Waals surface area contributed by atoms with Crippen LogP contribution in [0.5, 0.6) is 0 Å². The van der Waals surface area contributed by atoms with Crippen molar-refractivity contribution in [3.05, 3.63) is 28.8 Å². The van der Waals surface area contributed by atoms with Crippen LogP contribution in [0, 0.1) is 0 Å².